The van der Waals surface area contributed by atoms with Crippen molar-refractivity contribution in [3.05, 3.63) is 23.2 Å². The molecule has 5 heteroatoms. The van der Waals surface area contributed by atoms with Crippen molar-refractivity contribution in [2.75, 3.05) is 24.3 Å². The van der Waals surface area contributed by atoms with E-state index >= 15 is 0 Å². The number of halogens is 1. The molecule has 0 fully saturated rings. The highest BCUT2D eigenvalue weighted by Crippen LogP contribution is 2.23. The second-order valence-corrected chi connectivity index (χ2v) is 5.10. The van der Waals surface area contributed by atoms with Crippen LogP contribution in [0.15, 0.2) is 18.2 Å². The summed E-state index contributed by atoms with van der Waals surface area (Å²) in [5.74, 6) is 0.241. The van der Waals surface area contributed by atoms with Gasteiger partial charge in [-0.15, -0.1) is 0 Å². The van der Waals surface area contributed by atoms with E-state index in [9.17, 15) is 4.79 Å². The van der Waals surface area contributed by atoms with Crippen molar-refractivity contribution in [2.24, 2.45) is 5.92 Å². The van der Waals surface area contributed by atoms with E-state index in [-0.39, 0.29) is 12.5 Å². The van der Waals surface area contributed by atoms with Crippen LogP contribution in [0.2, 0.25) is 5.02 Å². The topological polar surface area (TPSA) is 64.3 Å². The molecule has 4 nitrogen and oxygen atoms in total. The van der Waals surface area contributed by atoms with Gasteiger partial charge in [-0.05, 0) is 30.5 Å². The van der Waals surface area contributed by atoms with Crippen LogP contribution in [0, 0.1) is 5.92 Å². The lowest BCUT2D eigenvalue weighted by Gasteiger charge is -2.11. The van der Waals surface area contributed by atoms with Crippen LogP contribution < -0.4 is 11.1 Å². The second kappa shape index (κ2) is 8.02. The number of benzene rings is 1. The van der Waals surface area contributed by atoms with Crippen LogP contribution in [0.3, 0.4) is 0 Å². The average molecular weight is 285 g/mol. The van der Waals surface area contributed by atoms with Crippen molar-refractivity contribution < 1.29 is 9.53 Å². The molecule has 0 saturated heterocycles. The molecule has 0 heterocycles. The lowest BCUT2D eigenvalue weighted by atomic mass is 10.1. The molecular weight excluding hydrogens is 264 g/mol. The summed E-state index contributed by atoms with van der Waals surface area (Å²) in [7, 11) is 0. The van der Waals surface area contributed by atoms with Crippen molar-refractivity contribution in [3.63, 3.8) is 0 Å². The van der Waals surface area contributed by atoms with Crippen molar-refractivity contribution in [1.82, 2.24) is 0 Å². The van der Waals surface area contributed by atoms with E-state index in [1.165, 1.54) is 0 Å². The maximum absolute atomic E-state index is 11.7. The van der Waals surface area contributed by atoms with Gasteiger partial charge in [0.1, 0.15) is 6.61 Å². The maximum Gasteiger partial charge on any atom is 0.250 e. The molecule has 0 aliphatic heterocycles. The predicted molar refractivity (Wildman–Crippen MR) is 79.4 cm³/mol. The average Bonchev–Trinajstić information content (AvgIpc) is 2.34. The van der Waals surface area contributed by atoms with Crippen molar-refractivity contribution in [3.8, 4) is 0 Å². The maximum atomic E-state index is 11.7. The molecule has 106 valence electrons. The third-order valence-corrected chi connectivity index (χ3v) is 3.01. The third-order valence-electron chi connectivity index (χ3n) is 2.68. The molecule has 0 aliphatic carbocycles. The quantitative estimate of drug-likeness (QED) is 0.755. The summed E-state index contributed by atoms with van der Waals surface area (Å²) >= 11 is 5.95. The highest BCUT2D eigenvalue weighted by atomic mass is 35.5. The number of anilines is 2. The Morgan fingerprint density at radius 3 is 2.95 bits per heavy atom. The SMILES string of the molecule is CCCC(C)COCC(=O)Nc1cc(N)ccc1Cl. The number of amides is 1. The van der Waals surface area contributed by atoms with Crippen LogP contribution in [0.4, 0.5) is 11.4 Å². The number of nitrogens with two attached hydrogens (primary N) is 1. The number of carbonyl (C=O) groups is 1. The van der Waals surface area contributed by atoms with Gasteiger partial charge in [-0.1, -0.05) is 31.9 Å². The molecule has 1 rings (SSSR count). The summed E-state index contributed by atoms with van der Waals surface area (Å²) in [4.78, 5) is 11.7. The number of carbonyl (C=O) groups excluding carboxylic acids is 1. The zero-order chi connectivity index (χ0) is 14.3. The molecular formula is C14H21ClN2O2. The van der Waals surface area contributed by atoms with Crippen molar-refractivity contribution in [2.45, 2.75) is 26.7 Å². The Labute approximate surface area is 119 Å². The summed E-state index contributed by atoms with van der Waals surface area (Å²) in [5, 5.41) is 3.14. The Hall–Kier alpha value is -1.26. The molecule has 0 aromatic heterocycles. The standard InChI is InChI=1S/C14H21ClN2O2/c1-3-4-10(2)8-19-9-14(18)17-13-7-11(16)5-6-12(13)15/h5-7,10H,3-4,8-9,16H2,1-2H3,(H,17,18). The number of nitrogens with one attached hydrogen (secondary N) is 1. The Bertz CT molecular complexity index is 424. The molecule has 19 heavy (non-hydrogen) atoms. The second-order valence-electron chi connectivity index (χ2n) is 4.70. The molecule has 0 saturated carbocycles. The van der Waals surface area contributed by atoms with Crippen LogP contribution in [0.5, 0.6) is 0 Å². The molecule has 1 aromatic carbocycles. The highest BCUT2D eigenvalue weighted by molar-refractivity contribution is 6.33. The van der Waals surface area contributed by atoms with Crippen LogP contribution in [-0.4, -0.2) is 19.1 Å². The normalized spacial score (nSPS) is 12.2. The molecule has 0 radical (unpaired) electrons. The third kappa shape index (κ3) is 5.94. The Balaban J connectivity index is 2.37. The van der Waals surface area contributed by atoms with Crippen LogP contribution >= 0.6 is 11.6 Å². The molecule has 1 amide bonds. The first-order valence-corrected chi connectivity index (χ1v) is 6.83. The first-order valence-electron chi connectivity index (χ1n) is 6.45. The summed E-state index contributed by atoms with van der Waals surface area (Å²) in [6.07, 6.45) is 2.22. The zero-order valence-corrected chi connectivity index (χ0v) is 12.2. The summed E-state index contributed by atoms with van der Waals surface area (Å²) in [6.45, 7) is 4.85. The van der Waals surface area contributed by atoms with E-state index in [2.05, 4.69) is 19.2 Å². The minimum absolute atomic E-state index is 0.0270. The Morgan fingerprint density at radius 1 is 1.53 bits per heavy atom. The fourth-order valence-corrected chi connectivity index (χ4v) is 1.92. The van der Waals surface area contributed by atoms with Gasteiger partial charge in [-0.25, -0.2) is 0 Å². The van der Waals surface area contributed by atoms with Gasteiger partial charge < -0.3 is 15.8 Å². The first-order chi connectivity index (χ1) is 9.02. The van der Waals surface area contributed by atoms with Gasteiger partial charge >= 0.3 is 0 Å². The fourth-order valence-electron chi connectivity index (χ4n) is 1.75. The van der Waals surface area contributed by atoms with Gasteiger partial charge in [0.05, 0.1) is 10.7 Å². The largest absolute Gasteiger partial charge is 0.399 e. The minimum atomic E-state index is -0.226. The smallest absolute Gasteiger partial charge is 0.250 e. The lowest BCUT2D eigenvalue weighted by molar-refractivity contribution is -0.121. The lowest BCUT2D eigenvalue weighted by Crippen LogP contribution is -2.20. The van der Waals surface area contributed by atoms with Gasteiger partial charge in [0.2, 0.25) is 5.91 Å². The summed E-state index contributed by atoms with van der Waals surface area (Å²) in [6, 6.07) is 4.96. The highest BCUT2D eigenvalue weighted by Gasteiger charge is 2.08. The molecule has 0 spiro atoms. The minimum Gasteiger partial charge on any atom is -0.399 e. The number of rotatable bonds is 7. The molecule has 1 unspecified atom stereocenters. The Morgan fingerprint density at radius 2 is 2.26 bits per heavy atom. The zero-order valence-electron chi connectivity index (χ0n) is 11.4. The predicted octanol–water partition coefficient (Wildman–Crippen LogP) is 3.31. The van der Waals surface area contributed by atoms with Gasteiger partial charge in [0.25, 0.3) is 0 Å². The van der Waals surface area contributed by atoms with Gasteiger partial charge in [0, 0.05) is 12.3 Å². The molecule has 1 aromatic rings. The Kier molecular flexibility index (Phi) is 6.67. The molecule has 1 atom stereocenters. The number of nitrogen functional groups attached to an aromatic ring is 1. The van der Waals surface area contributed by atoms with Crippen LogP contribution in [-0.2, 0) is 9.53 Å². The van der Waals surface area contributed by atoms with E-state index in [1.54, 1.807) is 18.2 Å². The first kappa shape index (κ1) is 15.8. The molecule has 0 aliphatic rings. The fraction of sp³-hybridized carbons (Fsp3) is 0.500. The van der Waals surface area contributed by atoms with Crippen LogP contribution in [0.1, 0.15) is 26.7 Å². The van der Waals surface area contributed by atoms with E-state index < -0.39 is 0 Å². The van der Waals surface area contributed by atoms with E-state index in [4.69, 9.17) is 22.1 Å². The summed E-state index contributed by atoms with van der Waals surface area (Å²) < 4.78 is 5.37. The van der Waals surface area contributed by atoms with Gasteiger partial charge in [-0.3, -0.25) is 4.79 Å². The van der Waals surface area contributed by atoms with Crippen LogP contribution in [0.25, 0.3) is 0 Å². The molecule has 3 N–H and O–H groups in total. The van der Waals surface area contributed by atoms with Gasteiger partial charge in [0.15, 0.2) is 0 Å². The molecule has 0 bridgehead atoms. The number of ether oxygens (including phenoxy) is 1. The van der Waals surface area contributed by atoms with E-state index in [0.29, 0.717) is 28.9 Å². The van der Waals surface area contributed by atoms with Gasteiger partial charge in [-0.2, -0.15) is 0 Å². The van der Waals surface area contributed by atoms with E-state index in [1.807, 2.05) is 0 Å². The number of hydrogen-bond donors (Lipinski definition) is 2. The van der Waals surface area contributed by atoms with E-state index in [0.717, 1.165) is 12.8 Å². The monoisotopic (exact) mass is 284 g/mol. The van der Waals surface area contributed by atoms with Crippen molar-refractivity contribution in [1.29, 1.82) is 0 Å². The number of hydrogen-bond acceptors (Lipinski definition) is 3. The van der Waals surface area contributed by atoms with Crippen molar-refractivity contribution >= 4 is 28.9 Å². The summed E-state index contributed by atoms with van der Waals surface area (Å²) in [5.41, 5.74) is 6.70.